The van der Waals surface area contributed by atoms with Crippen molar-refractivity contribution >= 4 is 23.4 Å². The largest absolute Gasteiger partial charge is 0.353 e. The lowest BCUT2D eigenvalue weighted by Crippen LogP contribution is -2.57. The Kier molecular flexibility index (Phi) is 3.31. The number of carbonyl (C=O) groups excluding carboxylic acids is 3. The van der Waals surface area contributed by atoms with Crippen molar-refractivity contribution in [2.75, 3.05) is 20.1 Å². The third-order valence-corrected chi connectivity index (χ3v) is 3.21. The number of carbonyl (C=O) groups is 3. The van der Waals surface area contributed by atoms with Gasteiger partial charge in [-0.3, -0.25) is 14.4 Å². The first-order valence-electron chi connectivity index (χ1n) is 5.93. The Labute approximate surface area is 105 Å². The Bertz CT molecular complexity index is 432. The third-order valence-electron chi connectivity index (χ3n) is 3.21. The molecule has 1 atom stereocenters. The van der Waals surface area contributed by atoms with Gasteiger partial charge in [-0.15, -0.1) is 0 Å². The average molecular weight is 252 g/mol. The molecular formula is C11H16N4O3. The van der Waals surface area contributed by atoms with E-state index < -0.39 is 6.04 Å². The fourth-order valence-corrected chi connectivity index (χ4v) is 2.05. The van der Waals surface area contributed by atoms with Crippen LogP contribution in [-0.2, 0) is 14.4 Å². The smallest absolute Gasteiger partial charge is 0.270 e. The number of piperazine rings is 1. The van der Waals surface area contributed by atoms with E-state index in [0.29, 0.717) is 25.2 Å². The zero-order valence-corrected chi connectivity index (χ0v) is 10.5. The van der Waals surface area contributed by atoms with Crippen LogP contribution in [0.1, 0.15) is 19.8 Å². The molecule has 0 aliphatic carbocycles. The summed E-state index contributed by atoms with van der Waals surface area (Å²) in [4.78, 5) is 36.5. The molecule has 2 rings (SSSR count). The number of hydrogen-bond donors (Lipinski definition) is 1. The molecule has 0 radical (unpaired) electrons. The molecule has 7 nitrogen and oxygen atoms in total. The molecule has 2 aliphatic heterocycles. The fourth-order valence-electron chi connectivity index (χ4n) is 2.05. The Morgan fingerprint density at radius 3 is 2.78 bits per heavy atom. The van der Waals surface area contributed by atoms with Gasteiger partial charge < -0.3 is 10.2 Å². The van der Waals surface area contributed by atoms with Crippen LogP contribution in [-0.4, -0.2) is 59.5 Å². The number of hydrazone groups is 1. The maximum absolute atomic E-state index is 12.2. The lowest BCUT2D eigenvalue weighted by atomic mass is 10.1. The Balaban J connectivity index is 2.14. The first-order valence-corrected chi connectivity index (χ1v) is 5.93. The van der Waals surface area contributed by atoms with Crippen LogP contribution in [0.4, 0.5) is 0 Å². The van der Waals surface area contributed by atoms with Gasteiger partial charge in [-0.2, -0.15) is 5.10 Å². The van der Waals surface area contributed by atoms with Crippen molar-refractivity contribution < 1.29 is 14.4 Å². The van der Waals surface area contributed by atoms with Gasteiger partial charge in [0.1, 0.15) is 11.8 Å². The van der Waals surface area contributed by atoms with E-state index in [9.17, 15) is 14.4 Å². The summed E-state index contributed by atoms with van der Waals surface area (Å²) in [6, 6.07) is -0.489. The van der Waals surface area contributed by atoms with Crippen molar-refractivity contribution in [2.24, 2.45) is 5.10 Å². The average Bonchev–Trinajstić information content (AvgIpc) is 2.35. The first kappa shape index (κ1) is 12.5. The van der Waals surface area contributed by atoms with Gasteiger partial charge in [-0.05, 0) is 6.92 Å². The van der Waals surface area contributed by atoms with Crippen molar-refractivity contribution in [1.82, 2.24) is 15.2 Å². The highest BCUT2D eigenvalue weighted by Crippen LogP contribution is 2.12. The molecule has 0 aromatic heterocycles. The second kappa shape index (κ2) is 4.75. The zero-order valence-electron chi connectivity index (χ0n) is 10.5. The summed E-state index contributed by atoms with van der Waals surface area (Å²) in [6.07, 6.45) is 0.627. The summed E-state index contributed by atoms with van der Waals surface area (Å²) in [5.74, 6) is -0.511. The standard InChI is InChI=1S/C11H16N4O3/c1-7-10(17)12-5-6-15(7)11(18)8-3-4-9(16)14(2)13-8/h7H,3-6H2,1-2H3,(H,12,17). The van der Waals surface area contributed by atoms with Gasteiger partial charge in [0.15, 0.2) is 0 Å². The van der Waals surface area contributed by atoms with E-state index in [2.05, 4.69) is 10.4 Å². The molecule has 0 aromatic rings. The Morgan fingerprint density at radius 2 is 2.11 bits per heavy atom. The maximum atomic E-state index is 12.2. The lowest BCUT2D eigenvalue weighted by Gasteiger charge is -2.33. The molecule has 0 bridgehead atoms. The number of nitrogens with zero attached hydrogens (tertiary/aromatic N) is 3. The van der Waals surface area contributed by atoms with Crippen molar-refractivity contribution in [1.29, 1.82) is 0 Å². The highest BCUT2D eigenvalue weighted by molar-refractivity contribution is 6.39. The van der Waals surface area contributed by atoms with Gasteiger partial charge in [0.25, 0.3) is 5.91 Å². The third kappa shape index (κ3) is 2.20. The highest BCUT2D eigenvalue weighted by Gasteiger charge is 2.33. The van der Waals surface area contributed by atoms with E-state index in [4.69, 9.17) is 0 Å². The van der Waals surface area contributed by atoms with E-state index in [0.717, 1.165) is 0 Å². The topological polar surface area (TPSA) is 82.1 Å². The van der Waals surface area contributed by atoms with Gasteiger partial charge in [0.05, 0.1) is 0 Å². The molecule has 98 valence electrons. The summed E-state index contributed by atoms with van der Waals surface area (Å²) in [5.41, 5.74) is 0.346. The molecule has 0 aromatic carbocycles. The zero-order chi connectivity index (χ0) is 13.3. The minimum Gasteiger partial charge on any atom is -0.353 e. The van der Waals surface area contributed by atoms with Crippen LogP contribution in [0.5, 0.6) is 0 Å². The second-order valence-electron chi connectivity index (χ2n) is 4.43. The molecule has 7 heteroatoms. The number of hydrogen-bond acceptors (Lipinski definition) is 4. The molecule has 2 aliphatic rings. The van der Waals surface area contributed by atoms with Crippen molar-refractivity contribution in [3.63, 3.8) is 0 Å². The Morgan fingerprint density at radius 1 is 1.39 bits per heavy atom. The van der Waals surface area contributed by atoms with E-state index in [1.807, 2.05) is 0 Å². The minimum atomic E-state index is -0.489. The summed E-state index contributed by atoms with van der Waals surface area (Å²) in [5, 5.41) is 7.86. The van der Waals surface area contributed by atoms with Gasteiger partial charge in [0.2, 0.25) is 11.8 Å². The van der Waals surface area contributed by atoms with E-state index in [1.54, 1.807) is 6.92 Å². The molecule has 1 unspecified atom stereocenters. The van der Waals surface area contributed by atoms with Crippen LogP contribution >= 0.6 is 0 Å². The maximum Gasteiger partial charge on any atom is 0.270 e. The minimum absolute atomic E-state index is 0.101. The van der Waals surface area contributed by atoms with E-state index in [-0.39, 0.29) is 24.1 Å². The van der Waals surface area contributed by atoms with Crippen molar-refractivity contribution in [2.45, 2.75) is 25.8 Å². The normalized spacial score (nSPS) is 24.8. The van der Waals surface area contributed by atoms with Crippen molar-refractivity contribution in [3.8, 4) is 0 Å². The van der Waals surface area contributed by atoms with Crippen LogP contribution in [0.25, 0.3) is 0 Å². The van der Waals surface area contributed by atoms with Crippen molar-refractivity contribution in [3.05, 3.63) is 0 Å². The molecular weight excluding hydrogens is 236 g/mol. The van der Waals surface area contributed by atoms with Crippen LogP contribution in [0.2, 0.25) is 0 Å². The predicted molar refractivity (Wildman–Crippen MR) is 63.6 cm³/mol. The Hall–Kier alpha value is -1.92. The summed E-state index contributed by atoms with van der Waals surface area (Å²) in [7, 11) is 1.53. The molecule has 0 spiro atoms. The van der Waals surface area contributed by atoms with E-state index in [1.165, 1.54) is 17.0 Å². The molecule has 0 saturated carbocycles. The van der Waals surface area contributed by atoms with Gasteiger partial charge in [0, 0.05) is 33.0 Å². The molecule has 1 N–H and O–H groups in total. The molecule has 1 fully saturated rings. The second-order valence-corrected chi connectivity index (χ2v) is 4.43. The van der Waals surface area contributed by atoms with Crippen LogP contribution in [0.3, 0.4) is 0 Å². The monoisotopic (exact) mass is 252 g/mol. The molecule has 3 amide bonds. The summed E-state index contributed by atoms with van der Waals surface area (Å²) < 4.78 is 0. The predicted octanol–water partition coefficient (Wildman–Crippen LogP) is -1.06. The van der Waals surface area contributed by atoms with Crippen LogP contribution in [0.15, 0.2) is 5.10 Å². The fraction of sp³-hybridized carbons (Fsp3) is 0.636. The lowest BCUT2D eigenvalue weighted by molar-refractivity contribution is -0.138. The number of amides is 3. The van der Waals surface area contributed by atoms with Gasteiger partial charge in [-0.25, -0.2) is 5.01 Å². The molecule has 18 heavy (non-hydrogen) atoms. The van der Waals surface area contributed by atoms with E-state index >= 15 is 0 Å². The van der Waals surface area contributed by atoms with Crippen LogP contribution < -0.4 is 5.32 Å². The first-order chi connectivity index (χ1) is 8.50. The van der Waals surface area contributed by atoms with Gasteiger partial charge in [-0.1, -0.05) is 0 Å². The summed E-state index contributed by atoms with van der Waals surface area (Å²) >= 11 is 0. The van der Waals surface area contributed by atoms with Gasteiger partial charge >= 0.3 is 0 Å². The SMILES string of the molecule is CC1C(=O)NCCN1C(=O)C1=NN(C)C(=O)CC1. The quantitative estimate of drug-likeness (QED) is 0.646. The van der Waals surface area contributed by atoms with Crippen LogP contribution in [0, 0.1) is 0 Å². The number of rotatable bonds is 1. The number of nitrogens with one attached hydrogen (secondary N) is 1. The highest BCUT2D eigenvalue weighted by atomic mass is 16.2. The molecule has 1 saturated heterocycles. The molecule has 2 heterocycles. The summed E-state index contributed by atoms with van der Waals surface area (Å²) in [6.45, 7) is 2.62.